The number of hydrogen-bond acceptors (Lipinski definition) is 4. The smallest absolute Gasteiger partial charge is 0.242 e. The number of hydrogen-bond donors (Lipinski definition) is 2. The largest absolute Gasteiger partial charge is 0.315 e. The molecule has 3 unspecified atom stereocenters. The quantitative estimate of drug-likeness (QED) is 0.882. The maximum Gasteiger partial charge on any atom is 0.242 e. The Balaban J connectivity index is 1.54. The average molecular weight is 301 g/mol. The second kappa shape index (κ2) is 5.11. The van der Waals surface area contributed by atoms with Crippen LogP contribution in [0.2, 0.25) is 0 Å². The summed E-state index contributed by atoms with van der Waals surface area (Å²) in [6, 6.07) is 2.22. The summed E-state index contributed by atoms with van der Waals surface area (Å²) in [6.45, 7) is 0.967. The molecule has 1 aromatic rings. The summed E-state index contributed by atoms with van der Waals surface area (Å²) in [5.41, 5.74) is 1.89. The third-order valence-corrected chi connectivity index (χ3v) is 6.51. The van der Waals surface area contributed by atoms with Gasteiger partial charge in [0.2, 0.25) is 5.91 Å². The Labute approximate surface area is 128 Å². The first-order valence-corrected chi connectivity index (χ1v) is 8.68. The highest BCUT2D eigenvalue weighted by Crippen LogP contribution is 2.40. The highest BCUT2D eigenvalue weighted by molar-refractivity contribution is 7.16. The highest BCUT2D eigenvalue weighted by Gasteiger charge is 2.42. The molecule has 2 heterocycles. The van der Waals surface area contributed by atoms with Crippen LogP contribution in [0, 0.1) is 23.2 Å². The fourth-order valence-corrected chi connectivity index (χ4v) is 5.52. The summed E-state index contributed by atoms with van der Waals surface area (Å²) in [6.07, 6.45) is 6.82. The molecule has 1 aliphatic heterocycles. The van der Waals surface area contributed by atoms with E-state index in [1.165, 1.54) is 23.3 Å². The van der Waals surface area contributed by atoms with E-state index in [1.807, 2.05) is 0 Å². The van der Waals surface area contributed by atoms with E-state index in [1.54, 1.807) is 11.3 Å². The van der Waals surface area contributed by atoms with Gasteiger partial charge in [0, 0.05) is 4.88 Å². The number of carbonyl (C=O) groups excluding carboxylic acids is 1. The molecule has 0 radical (unpaired) electrons. The number of fused-ring (bicyclic) bond motifs is 2. The Hall–Kier alpha value is -1.38. The zero-order chi connectivity index (χ0) is 14.4. The Kier molecular flexibility index (Phi) is 3.24. The average Bonchev–Trinajstić information content (AvgIpc) is 3.17. The van der Waals surface area contributed by atoms with E-state index in [2.05, 4.69) is 16.7 Å². The molecule has 2 aliphatic carbocycles. The van der Waals surface area contributed by atoms with Gasteiger partial charge in [0.1, 0.15) is 11.1 Å². The second-order valence-corrected chi connectivity index (χ2v) is 7.51. The summed E-state index contributed by atoms with van der Waals surface area (Å²) >= 11 is 1.60. The molecule has 2 fully saturated rings. The molecule has 2 N–H and O–H groups in total. The minimum absolute atomic E-state index is 0.0563. The van der Waals surface area contributed by atoms with E-state index in [0.29, 0.717) is 17.4 Å². The predicted octanol–water partition coefficient (Wildman–Crippen LogP) is 2.44. The first kappa shape index (κ1) is 13.3. The second-order valence-electron chi connectivity index (χ2n) is 6.40. The molecule has 1 saturated heterocycles. The van der Waals surface area contributed by atoms with Gasteiger partial charge in [-0.3, -0.25) is 4.79 Å². The molecule has 1 aromatic heterocycles. The van der Waals surface area contributed by atoms with Crippen LogP contribution in [-0.4, -0.2) is 18.5 Å². The summed E-state index contributed by atoms with van der Waals surface area (Å²) in [7, 11) is 0. The van der Waals surface area contributed by atoms with E-state index in [0.717, 1.165) is 37.2 Å². The van der Waals surface area contributed by atoms with Crippen LogP contribution in [0.15, 0.2) is 0 Å². The van der Waals surface area contributed by atoms with Crippen molar-refractivity contribution in [3.8, 4) is 6.07 Å². The van der Waals surface area contributed by atoms with Gasteiger partial charge in [0.15, 0.2) is 0 Å². The number of amides is 1. The van der Waals surface area contributed by atoms with Gasteiger partial charge in [-0.15, -0.1) is 11.3 Å². The number of thiophene rings is 1. The Morgan fingerprint density at radius 3 is 3.10 bits per heavy atom. The molecule has 1 amide bonds. The summed E-state index contributed by atoms with van der Waals surface area (Å²) < 4.78 is 0. The lowest BCUT2D eigenvalue weighted by atomic mass is 9.93. The lowest BCUT2D eigenvalue weighted by molar-refractivity contribution is -0.118. The number of nitrogens with one attached hydrogen (secondary N) is 2. The van der Waals surface area contributed by atoms with Gasteiger partial charge in [0.25, 0.3) is 0 Å². The number of nitrogens with zero attached hydrogens (tertiary/aromatic N) is 1. The molecule has 0 spiro atoms. The van der Waals surface area contributed by atoms with E-state index >= 15 is 0 Å². The zero-order valence-electron chi connectivity index (χ0n) is 11.9. The molecule has 110 valence electrons. The first-order chi connectivity index (χ1) is 10.3. The summed E-state index contributed by atoms with van der Waals surface area (Å²) in [5.74, 6) is 1.22. The van der Waals surface area contributed by atoms with Crippen molar-refractivity contribution in [1.82, 2.24) is 5.32 Å². The SMILES string of the molecule is N#Cc1c(NC(=O)C2NCC3CCCC32)sc2c1CCC2. The van der Waals surface area contributed by atoms with Gasteiger partial charge < -0.3 is 10.6 Å². The minimum atomic E-state index is -0.0685. The van der Waals surface area contributed by atoms with Crippen LogP contribution in [0.25, 0.3) is 0 Å². The van der Waals surface area contributed by atoms with E-state index in [4.69, 9.17) is 0 Å². The maximum absolute atomic E-state index is 12.6. The monoisotopic (exact) mass is 301 g/mol. The molecular weight excluding hydrogens is 282 g/mol. The molecule has 0 bridgehead atoms. The van der Waals surface area contributed by atoms with Crippen molar-refractivity contribution < 1.29 is 4.79 Å². The van der Waals surface area contributed by atoms with Crippen LogP contribution in [0.1, 0.15) is 41.7 Å². The lowest BCUT2D eigenvalue weighted by Gasteiger charge is -2.17. The van der Waals surface area contributed by atoms with Crippen LogP contribution in [0.3, 0.4) is 0 Å². The van der Waals surface area contributed by atoms with E-state index in [9.17, 15) is 10.1 Å². The van der Waals surface area contributed by atoms with Gasteiger partial charge in [-0.1, -0.05) is 6.42 Å². The lowest BCUT2D eigenvalue weighted by Crippen LogP contribution is -2.39. The number of carbonyl (C=O) groups is 1. The summed E-state index contributed by atoms with van der Waals surface area (Å²) in [5, 5.41) is 16.6. The summed E-state index contributed by atoms with van der Waals surface area (Å²) in [4.78, 5) is 13.9. The number of rotatable bonds is 2. The van der Waals surface area contributed by atoms with Crippen LogP contribution >= 0.6 is 11.3 Å². The fourth-order valence-electron chi connectivity index (χ4n) is 4.27. The van der Waals surface area contributed by atoms with Gasteiger partial charge in [0.05, 0.1) is 11.6 Å². The highest BCUT2D eigenvalue weighted by atomic mass is 32.1. The van der Waals surface area contributed by atoms with Crippen molar-refractivity contribution in [2.45, 2.75) is 44.6 Å². The van der Waals surface area contributed by atoms with Crippen molar-refractivity contribution in [3.05, 3.63) is 16.0 Å². The Bertz CT molecular complexity index is 630. The standard InChI is InChI=1S/C16H19N3OS/c17-7-12-11-5-2-6-13(11)21-16(12)19-15(20)14-10-4-1-3-9(10)8-18-14/h9-10,14,18H,1-6,8H2,(H,19,20). The first-order valence-electron chi connectivity index (χ1n) is 7.87. The predicted molar refractivity (Wildman–Crippen MR) is 82.3 cm³/mol. The van der Waals surface area contributed by atoms with Gasteiger partial charge >= 0.3 is 0 Å². The fraction of sp³-hybridized carbons (Fsp3) is 0.625. The van der Waals surface area contributed by atoms with Crippen molar-refractivity contribution in [3.63, 3.8) is 0 Å². The van der Waals surface area contributed by atoms with Gasteiger partial charge in [-0.25, -0.2) is 0 Å². The van der Waals surface area contributed by atoms with Gasteiger partial charge in [-0.05, 0) is 56.0 Å². The van der Waals surface area contributed by atoms with Crippen LogP contribution in [0.5, 0.6) is 0 Å². The Morgan fingerprint density at radius 1 is 1.33 bits per heavy atom. The number of aryl methyl sites for hydroxylation is 1. The van der Waals surface area contributed by atoms with Crippen molar-refractivity contribution in [2.24, 2.45) is 11.8 Å². The zero-order valence-corrected chi connectivity index (χ0v) is 12.8. The molecule has 4 rings (SSSR count). The van der Waals surface area contributed by atoms with Crippen LogP contribution in [0.4, 0.5) is 5.00 Å². The minimum Gasteiger partial charge on any atom is -0.315 e. The molecular formula is C16H19N3OS. The van der Waals surface area contributed by atoms with Crippen LogP contribution in [-0.2, 0) is 17.6 Å². The molecule has 0 aromatic carbocycles. The van der Waals surface area contributed by atoms with E-state index < -0.39 is 0 Å². The molecule has 5 heteroatoms. The van der Waals surface area contributed by atoms with Crippen molar-refractivity contribution >= 4 is 22.2 Å². The third kappa shape index (κ3) is 2.09. The molecule has 21 heavy (non-hydrogen) atoms. The van der Waals surface area contributed by atoms with E-state index in [-0.39, 0.29) is 11.9 Å². The van der Waals surface area contributed by atoms with Crippen molar-refractivity contribution in [1.29, 1.82) is 5.26 Å². The molecule has 3 atom stereocenters. The molecule has 4 nitrogen and oxygen atoms in total. The molecule has 1 saturated carbocycles. The van der Waals surface area contributed by atoms with Crippen molar-refractivity contribution in [2.75, 3.05) is 11.9 Å². The normalized spacial score (nSPS) is 30.0. The van der Waals surface area contributed by atoms with Gasteiger partial charge in [-0.2, -0.15) is 5.26 Å². The maximum atomic E-state index is 12.6. The molecule has 3 aliphatic rings. The number of anilines is 1. The topological polar surface area (TPSA) is 64.9 Å². The third-order valence-electron chi connectivity index (χ3n) is 5.30. The Morgan fingerprint density at radius 2 is 2.24 bits per heavy atom. The number of nitriles is 1. The van der Waals surface area contributed by atoms with Crippen LogP contribution < -0.4 is 10.6 Å².